The SMILES string of the molecule is CC(C(=O)Nc1ccc(F)cc1F)N1CCC(C)(CN)C1. The van der Waals surface area contributed by atoms with Crippen LogP contribution in [0.1, 0.15) is 20.3 Å². The van der Waals surface area contributed by atoms with E-state index in [0.29, 0.717) is 6.54 Å². The zero-order valence-electron chi connectivity index (χ0n) is 12.3. The Hall–Kier alpha value is -1.53. The van der Waals surface area contributed by atoms with Crippen molar-refractivity contribution in [2.24, 2.45) is 11.1 Å². The number of nitrogens with zero attached hydrogens (tertiary/aromatic N) is 1. The van der Waals surface area contributed by atoms with Crippen LogP contribution in [0.4, 0.5) is 14.5 Å². The zero-order valence-corrected chi connectivity index (χ0v) is 12.3. The molecular formula is C15H21F2N3O. The molecule has 0 aromatic heterocycles. The minimum absolute atomic E-state index is 0.00552. The van der Waals surface area contributed by atoms with Gasteiger partial charge in [0.1, 0.15) is 11.6 Å². The molecule has 1 aromatic rings. The molecule has 0 bridgehead atoms. The first-order chi connectivity index (χ1) is 9.84. The van der Waals surface area contributed by atoms with E-state index in [4.69, 9.17) is 5.73 Å². The Morgan fingerprint density at radius 3 is 2.81 bits per heavy atom. The monoisotopic (exact) mass is 297 g/mol. The maximum atomic E-state index is 13.5. The van der Waals surface area contributed by atoms with Crippen molar-refractivity contribution >= 4 is 11.6 Å². The molecule has 2 rings (SSSR count). The molecule has 6 heteroatoms. The number of halogens is 2. The van der Waals surface area contributed by atoms with Crippen LogP contribution in [-0.4, -0.2) is 36.5 Å². The lowest BCUT2D eigenvalue weighted by atomic mass is 9.90. The Balaban J connectivity index is 2.00. The molecule has 1 aliphatic rings. The Kier molecular flexibility index (Phi) is 4.58. The largest absolute Gasteiger partial charge is 0.330 e. The smallest absolute Gasteiger partial charge is 0.241 e. The van der Waals surface area contributed by atoms with Gasteiger partial charge in [0.15, 0.2) is 0 Å². The van der Waals surface area contributed by atoms with Gasteiger partial charge in [-0.2, -0.15) is 0 Å². The Morgan fingerprint density at radius 2 is 2.24 bits per heavy atom. The number of nitrogens with two attached hydrogens (primary N) is 1. The molecule has 0 spiro atoms. The molecule has 116 valence electrons. The van der Waals surface area contributed by atoms with Gasteiger partial charge in [0, 0.05) is 12.6 Å². The third kappa shape index (κ3) is 3.57. The molecule has 1 aromatic carbocycles. The molecule has 0 saturated carbocycles. The first-order valence-electron chi connectivity index (χ1n) is 7.05. The second-order valence-corrected chi connectivity index (χ2v) is 6.02. The molecule has 1 saturated heterocycles. The van der Waals surface area contributed by atoms with Gasteiger partial charge in [0.05, 0.1) is 11.7 Å². The third-order valence-electron chi connectivity index (χ3n) is 4.20. The number of benzene rings is 1. The van der Waals surface area contributed by atoms with E-state index in [1.165, 1.54) is 6.07 Å². The highest BCUT2D eigenvalue weighted by Gasteiger charge is 2.36. The Morgan fingerprint density at radius 1 is 1.52 bits per heavy atom. The van der Waals surface area contributed by atoms with Gasteiger partial charge in [-0.15, -0.1) is 0 Å². The highest BCUT2D eigenvalue weighted by molar-refractivity contribution is 5.94. The van der Waals surface area contributed by atoms with Crippen molar-refractivity contribution in [2.75, 3.05) is 25.0 Å². The van der Waals surface area contributed by atoms with E-state index in [9.17, 15) is 13.6 Å². The van der Waals surface area contributed by atoms with Crippen LogP contribution in [0.25, 0.3) is 0 Å². The van der Waals surface area contributed by atoms with Crippen LogP contribution in [0.15, 0.2) is 18.2 Å². The van der Waals surface area contributed by atoms with Crippen molar-refractivity contribution in [1.82, 2.24) is 4.90 Å². The minimum Gasteiger partial charge on any atom is -0.330 e. The molecule has 2 atom stereocenters. The number of amides is 1. The second kappa shape index (κ2) is 6.07. The highest BCUT2D eigenvalue weighted by atomic mass is 19.1. The van der Waals surface area contributed by atoms with Crippen LogP contribution in [0.5, 0.6) is 0 Å². The number of anilines is 1. The number of carbonyl (C=O) groups is 1. The van der Waals surface area contributed by atoms with Crippen molar-refractivity contribution in [2.45, 2.75) is 26.3 Å². The lowest BCUT2D eigenvalue weighted by Gasteiger charge is -2.26. The van der Waals surface area contributed by atoms with Gasteiger partial charge in [-0.25, -0.2) is 8.78 Å². The predicted octanol–water partition coefficient (Wildman–Crippen LogP) is 1.96. The number of carbonyl (C=O) groups excluding carboxylic acids is 1. The van der Waals surface area contributed by atoms with Crippen molar-refractivity contribution in [3.8, 4) is 0 Å². The number of likely N-dealkylation sites (tertiary alicyclic amines) is 1. The van der Waals surface area contributed by atoms with E-state index >= 15 is 0 Å². The minimum atomic E-state index is -0.774. The molecule has 2 unspecified atom stereocenters. The number of hydrogen-bond acceptors (Lipinski definition) is 3. The highest BCUT2D eigenvalue weighted by Crippen LogP contribution is 2.30. The fraction of sp³-hybridized carbons (Fsp3) is 0.533. The maximum Gasteiger partial charge on any atom is 0.241 e. The zero-order chi connectivity index (χ0) is 15.6. The van der Waals surface area contributed by atoms with E-state index in [-0.39, 0.29) is 23.1 Å². The van der Waals surface area contributed by atoms with E-state index in [1.807, 2.05) is 4.90 Å². The van der Waals surface area contributed by atoms with Crippen LogP contribution in [0.2, 0.25) is 0 Å². The molecule has 1 amide bonds. The van der Waals surface area contributed by atoms with Crippen LogP contribution < -0.4 is 11.1 Å². The molecular weight excluding hydrogens is 276 g/mol. The summed E-state index contributed by atoms with van der Waals surface area (Å²) in [6.45, 7) is 5.97. The quantitative estimate of drug-likeness (QED) is 0.893. The first-order valence-corrected chi connectivity index (χ1v) is 7.05. The van der Waals surface area contributed by atoms with Crippen LogP contribution in [0.3, 0.4) is 0 Å². The molecule has 4 nitrogen and oxygen atoms in total. The summed E-state index contributed by atoms with van der Waals surface area (Å²) in [4.78, 5) is 14.2. The molecule has 0 aliphatic carbocycles. The molecule has 3 N–H and O–H groups in total. The molecule has 1 fully saturated rings. The standard InChI is InChI=1S/C15H21F2N3O/c1-10(20-6-5-15(2,8-18)9-20)14(21)19-13-4-3-11(16)7-12(13)17/h3-4,7,10H,5-6,8-9,18H2,1-2H3,(H,19,21). The average Bonchev–Trinajstić information content (AvgIpc) is 2.84. The Bertz CT molecular complexity index is 538. The summed E-state index contributed by atoms with van der Waals surface area (Å²) in [6.07, 6.45) is 0.937. The predicted molar refractivity (Wildman–Crippen MR) is 77.8 cm³/mol. The van der Waals surface area contributed by atoms with Crippen LogP contribution in [-0.2, 0) is 4.79 Å². The van der Waals surface area contributed by atoms with E-state index < -0.39 is 11.6 Å². The average molecular weight is 297 g/mol. The normalized spacial score (nSPS) is 24.0. The van der Waals surface area contributed by atoms with Crippen LogP contribution >= 0.6 is 0 Å². The molecule has 1 aliphatic heterocycles. The van der Waals surface area contributed by atoms with E-state index in [0.717, 1.165) is 31.6 Å². The van der Waals surface area contributed by atoms with Crippen molar-refractivity contribution in [3.63, 3.8) is 0 Å². The topological polar surface area (TPSA) is 58.4 Å². The Labute approximate surface area is 123 Å². The van der Waals surface area contributed by atoms with Crippen molar-refractivity contribution in [3.05, 3.63) is 29.8 Å². The van der Waals surface area contributed by atoms with E-state index in [1.54, 1.807) is 6.92 Å². The number of nitrogens with one attached hydrogen (secondary N) is 1. The number of hydrogen-bond donors (Lipinski definition) is 2. The van der Waals surface area contributed by atoms with Crippen molar-refractivity contribution in [1.29, 1.82) is 0 Å². The summed E-state index contributed by atoms with van der Waals surface area (Å²) < 4.78 is 26.4. The lowest BCUT2D eigenvalue weighted by molar-refractivity contribution is -0.120. The molecule has 21 heavy (non-hydrogen) atoms. The fourth-order valence-corrected chi connectivity index (χ4v) is 2.55. The first kappa shape index (κ1) is 15.9. The molecule has 1 heterocycles. The summed E-state index contributed by atoms with van der Waals surface area (Å²) in [6, 6.07) is 2.71. The van der Waals surface area contributed by atoms with Gasteiger partial charge in [0.25, 0.3) is 0 Å². The maximum absolute atomic E-state index is 13.5. The van der Waals surface area contributed by atoms with Gasteiger partial charge in [-0.05, 0) is 44.0 Å². The summed E-state index contributed by atoms with van der Waals surface area (Å²) >= 11 is 0. The summed E-state index contributed by atoms with van der Waals surface area (Å²) in [7, 11) is 0. The summed E-state index contributed by atoms with van der Waals surface area (Å²) in [5, 5.41) is 2.51. The van der Waals surface area contributed by atoms with Crippen molar-refractivity contribution < 1.29 is 13.6 Å². The van der Waals surface area contributed by atoms with Gasteiger partial charge in [-0.1, -0.05) is 6.92 Å². The molecule has 0 radical (unpaired) electrons. The second-order valence-electron chi connectivity index (χ2n) is 6.02. The lowest BCUT2D eigenvalue weighted by Crippen LogP contribution is -2.42. The summed E-state index contributed by atoms with van der Waals surface area (Å²) in [5.41, 5.74) is 5.77. The van der Waals surface area contributed by atoms with Gasteiger partial charge >= 0.3 is 0 Å². The fourth-order valence-electron chi connectivity index (χ4n) is 2.55. The number of rotatable bonds is 4. The van der Waals surface area contributed by atoms with E-state index in [2.05, 4.69) is 12.2 Å². The summed E-state index contributed by atoms with van der Waals surface area (Å²) in [5.74, 6) is -1.75. The van der Waals surface area contributed by atoms with Gasteiger partial charge in [-0.3, -0.25) is 9.69 Å². The van der Waals surface area contributed by atoms with Gasteiger partial charge in [0.2, 0.25) is 5.91 Å². The third-order valence-corrected chi connectivity index (χ3v) is 4.20. The van der Waals surface area contributed by atoms with Crippen LogP contribution in [0, 0.1) is 17.0 Å². The van der Waals surface area contributed by atoms with Gasteiger partial charge < -0.3 is 11.1 Å².